The van der Waals surface area contributed by atoms with Crippen LogP contribution in [0.15, 0.2) is 46.6 Å². The Balaban J connectivity index is 2.69. The summed E-state index contributed by atoms with van der Waals surface area (Å²) in [6, 6.07) is 0. The standard InChI is InChI=1S/C133H246O16/c1-18-23-28-33-38-43-48-53-57-59-61-66-70-74-77-82-87-92-107(6)97-111(10)101-115(14)128(138)142-106-120-122(136)125(147-130(140)117(16)103-113(12)99-109(8)94-89-84-80-75-69-65-60-58-54-49-44-39-34-29-24-19-2)127(145-121(135)96-91-86-81-76-71-62-52-47-42-37-32-27-22-5)133(144-120)149-132-126(148-131(141)118(17)104-114(13)100-110(9)95-90-85-79-73-68-64-56-51-46-41-36-31-26-21-4)123(137)124(119(105-134)143-132)146-129(139)116(15)102-112(11)98-108(7)93-88-83-78-72-67-63-55-50-45-40-35-30-25-20-3/h101-104,107-114,119-120,122-127,132-134,136-137H,18-100,105-106H2,1-17H3/b115-101+,116-102+,117-103+,118-104+/t107-,108-,109-,110-,111-,112-,113-,114-,119?,120?,122+,123?,124+,125?,126-,127+,132+,133+/m0/s1. The van der Waals surface area contributed by atoms with E-state index in [0.29, 0.717) is 41.2 Å². The molecule has 18 atom stereocenters. The Morgan fingerprint density at radius 3 is 0.705 bits per heavy atom. The number of hydrogen-bond acceptors (Lipinski definition) is 16. The van der Waals surface area contributed by atoms with Crippen LogP contribution < -0.4 is 0 Å². The van der Waals surface area contributed by atoms with Gasteiger partial charge in [-0.1, -0.05) is 609 Å². The van der Waals surface area contributed by atoms with Crippen molar-refractivity contribution in [3.63, 3.8) is 0 Å². The maximum Gasteiger partial charge on any atom is 0.333 e. The molecule has 2 heterocycles. The molecule has 2 fully saturated rings. The van der Waals surface area contributed by atoms with Crippen LogP contribution in [0.1, 0.15) is 651 Å². The first-order valence-corrected chi connectivity index (χ1v) is 64.9. The molecule has 2 saturated heterocycles. The average Bonchev–Trinajstić information content (AvgIpc) is 0.768. The lowest BCUT2D eigenvalue weighted by molar-refractivity contribution is -0.377. The maximum absolute atomic E-state index is 15.1. The Labute approximate surface area is 920 Å². The van der Waals surface area contributed by atoms with Crippen molar-refractivity contribution in [2.75, 3.05) is 13.2 Å². The fourth-order valence-electron chi connectivity index (χ4n) is 23.3. The molecule has 2 aliphatic heterocycles. The van der Waals surface area contributed by atoms with Gasteiger partial charge < -0.3 is 53.2 Å². The van der Waals surface area contributed by atoms with Crippen molar-refractivity contribution in [2.24, 2.45) is 47.3 Å². The summed E-state index contributed by atoms with van der Waals surface area (Å²) >= 11 is 0. The van der Waals surface area contributed by atoms with Crippen LogP contribution in [-0.2, 0) is 61.9 Å². The summed E-state index contributed by atoms with van der Waals surface area (Å²) < 4.78 is 52.3. The second-order valence-corrected chi connectivity index (χ2v) is 48.5. The number of aliphatic hydroxyl groups excluding tert-OH is 3. The first kappa shape index (κ1) is 141. The van der Waals surface area contributed by atoms with Gasteiger partial charge in [-0.15, -0.1) is 0 Å². The minimum absolute atomic E-state index is 0.00131. The first-order chi connectivity index (χ1) is 72.2. The Hall–Kier alpha value is -3.93. The second kappa shape index (κ2) is 97.3. The number of unbranched alkanes of at least 4 members (excludes halogenated alkanes) is 69. The molecule has 16 nitrogen and oxygen atoms in total. The van der Waals surface area contributed by atoms with E-state index in [0.717, 1.165) is 103 Å². The monoisotopic (exact) mass is 2100 g/mol. The van der Waals surface area contributed by atoms with Crippen molar-refractivity contribution in [3.8, 4) is 0 Å². The van der Waals surface area contributed by atoms with E-state index in [2.05, 4.69) is 90.0 Å². The molecular formula is C133H246O16. The van der Waals surface area contributed by atoms with Crippen LogP contribution in [-0.4, -0.2) is 120 Å². The van der Waals surface area contributed by atoms with Crippen molar-refractivity contribution in [2.45, 2.75) is 712 Å². The van der Waals surface area contributed by atoms with E-state index in [9.17, 15) is 29.7 Å². The summed E-state index contributed by atoms with van der Waals surface area (Å²) in [7, 11) is 0. The average molecular weight is 2100 g/mol. The Bertz CT molecular complexity index is 3250. The molecule has 4 unspecified atom stereocenters. The van der Waals surface area contributed by atoms with Crippen LogP contribution in [0.5, 0.6) is 0 Å². The maximum atomic E-state index is 15.1. The highest BCUT2D eigenvalue weighted by molar-refractivity contribution is 5.89. The van der Waals surface area contributed by atoms with E-state index in [4.69, 9.17) is 37.9 Å². The number of esters is 5. The number of hydrogen-bond donors (Lipinski definition) is 3. The highest BCUT2D eigenvalue weighted by Crippen LogP contribution is 2.38. The predicted molar refractivity (Wildman–Crippen MR) is 628 cm³/mol. The molecule has 16 heteroatoms. The normalized spacial score (nSPS) is 20.1. The van der Waals surface area contributed by atoms with Crippen molar-refractivity contribution in [1.82, 2.24) is 0 Å². The van der Waals surface area contributed by atoms with Gasteiger partial charge in [-0.25, -0.2) is 19.2 Å². The van der Waals surface area contributed by atoms with Gasteiger partial charge >= 0.3 is 29.8 Å². The summed E-state index contributed by atoms with van der Waals surface area (Å²) in [4.78, 5) is 74.1. The smallest absolute Gasteiger partial charge is 0.333 e. The molecule has 2 rings (SSSR count). The lowest BCUT2D eigenvalue weighted by atomic mass is 9.91. The highest BCUT2D eigenvalue weighted by atomic mass is 16.8. The van der Waals surface area contributed by atoms with Gasteiger partial charge in [-0.2, -0.15) is 0 Å². The zero-order valence-electron chi connectivity index (χ0n) is 101. The third-order valence-electron chi connectivity index (χ3n) is 32.5. The van der Waals surface area contributed by atoms with Crippen molar-refractivity contribution < 1.29 is 77.2 Å². The predicted octanol–water partition coefficient (Wildman–Crippen LogP) is 38.7. The molecule has 0 aliphatic carbocycles. The summed E-state index contributed by atoms with van der Waals surface area (Å²) in [5.41, 5.74) is 1.18. The summed E-state index contributed by atoms with van der Waals surface area (Å²) in [5.74, 6) is -2.17. The third kappa shape index (κ3) is 76.4. The van der Waals surface area contributed by atoms with Crippen molar-refractivity contribution in [3.05, 3.63) is 46.6 Å². The molecule has 2 aliphatic rings. The first-order valence-electron chi connectivity index (χ1n) is 64.9. The van der Waals surface area contributed by atoms with Gasteiger partial charge in [0.15, 0.2) is 24.4 Å². The van der Waals surface area contributed by atoms with Gasteiger partial charge in [0.2, 0.25) is 12.6 Å². The molecule has 0 radical (unpaired) electrons. The topological polar surface area (TPSA) is 220 Å². The van der Waals surface area contributed by atoms with Crippen LogP contribution in [0, 0.1) is 47.3 Å². The zero-order chi connectivity index (χ0) is 109. The summed E-state index contributed by atoms with van der Waals surface area (Å²) in [5, 5.41) is 37.6. The van der Waals surface area contributed by atoms with E-state index in [1.807, 2.05) is 24.3 Å². The van der Waals surface area contributed by atoms with E-state index in [-0.39, 0.29) is 41.2 Å². The van der Waals surface area contributed by atoms with Crippen LogP contribution >= 0.6 is 0 Å². The molecule has 0 saturated carbocycles. The van der Waals surface area contributed by atoms with Gasteiger partial charge in [-0.3, -0.25) is 4.79 Å². The summed E-state index contributed by atoms with van der Waals surface area (Å²) in [6.07, 6.45) is 92.3. The zero-order valence-corrected chi connectivity index (χ0v) is 101. The van der Waals surface area contributed by atoms with E-state index < -0.39 is 104 Å². The molecule has 874 valence electrons. The molecular weight excluding hydrogens is 1850 g/mol. The number of allylic oxidation sites excluding steroid dienone is 4. The van der Waals surface area contributed by atoms with Crippen molar-refractivity contribution >= 4 is 29.8 Å². The highest BCUT2D eigenvalue weighted by Gasteiger charge is 2.56. The van der Waals surface area contributed by atoms with E-state index in [1.165, 1.54) is 417 Å². The van der Waals surface area contributed by atoms with Crippen molar-refractivity contribution in [1.29, 1.82) is 0 Å². The van der Waals surface area contributed by atoms with Crippen LogP contribution in [0.2, 0.25) is 0 Å². The minimum Gasteiger partial charge on any atom is -0.459 e. The lowest BCUT2D eigenvalue weighted by Crippen LogP contribution is -2.66. The molecule has 0 aromatic heterocycles. The molecule has 149 heavy (non-hydrogen) atoms. The number of aliphatic hydroxyl groups is 3. The van der Waals surface area contributed by atoms with Crippen LogP contribution in [0.3, 0.4) is 0 Å². The lowest BCUT2D eigenvalue weighted by Gasteiger charge is -2.47. The number of carbonyl (C=O) groups is 5. The van der Waals surface area contributed by atoms with Gasteiger partial charge in [0, 0.05) is 28.7 Å². The molecule has 0 spiro atoms. The summed E-state index contributed by atoms with van der Waals surface area (Å²) in [6.45, 7) is 34.2. The van der Waals surface area contributed by atoms with Gasteiger partial charge in [0.1, 0.15) is 31.0 Å². The van der Waals surface area contributed by atoms with Crippen LogP contribution in [0.4, 0.5) is 0 Å². The molecule has 0 amide bonds. The molecule has 3 N–H and O–H groups in total. The quantitative estimate of drug-likeness (QED) is 0.0223. The van der Waals surface area contributed by atoms with E-state index in [1.54, 1.807) is 27.7 Å². The number of ether oxygens (including phenoxy) is 8. The minimum atomic E-state index is -1.92. The number of carbonyl (C=O) groups excluding carboxylic acids is 5. The molecule has 0 bridgehead atoms. The fourth-order valence-corrected chi connectivity index (χ4v) is 23.3. The van der Waals surface area contributed by atoms with Gasteiger partial charge in [-0.05, 0) is 107 Å². The third-order valence-corrected chi connectivity index (χ3v) is 32.5. The van der Waals surface area contributed by atoms with Crippen LogP contribution in [0.25, 0.3) is 0 Å². The Morgan fingerprint density at radius 1 is 0.248 bits per heavy atom. The Morgan fingerprint density at radius 2 is 0.456 bits per heavy atom. The number of rotatable bonds is 104. The molecule has 0 aromatic carbocycles. The second-order valence-electron chi connectivity index (χ2n) is 48.5. The molecule has 0 aromatic rings. The largest absolute Gasteiger partial charge is 0.459 e. The SMILES string of the molecule is CCCCCCCCCCCCCCCCCCC[C@H](C)C[C@H](C)/C=C(\C)C(=O)OCC1O[C@H](O[C@H]2OC(CO)[C@@H](OC(=O)/C(C)=C/[C@@H](C)C[C@@H](C)CCCCCCCCCCCCCCCC)C(O)[C@@H]2OC(=O)/C(C)=C/[C@@H](C)C[C@@H](C)CCCCCCCCCCCCCCCC)[C@H](OC(=O)CCCCCCCCCCCCCCC)C(OC(=O)/C(C)=C/[C@@H](C)C[C@@H](C)CCCCCCCCCCCCCCCCCC)[C@@H]1O. The van der Waals surface area contributed by atoms with Gasteiger partial charge in [0.25, 0.3) is 0 Å². The van der Waals surface area contributed by atoms with E-state index >= 15 is 9.59 Å². The Kier molecular flexibility index (Phi) is 92.2. The fraction of sp³-hybridized carbons (Fsp3) is 0.902. The van der Waals surface area contributed by atoms with Gasteiger partial charge in [0.05, 0.1) is 6.61 Å².